The Bertz CT molecular complexity index is 754. The van der Waals surface area contributed by atoms with Crippen molar-refractivity contribution in [1.82, 2.24) is 24.8 Å². The minimum atomic E-state index is -3.22. The minimum absolute atomic E-state index is 0.0752. The van der Waals surface area contributed by atoms with Gasteiger partial charge in [0.15, 0.2) is 11.5 Å². The largest absolute Gasteiger partial charge is 0.379 e. The number of hydrogen-bond acceptors (Lipinski definition) is 9. The fourth-order valence-electron chi connectivity index (χ4n) is 2.43. The van der Waals surface area contributed by atoms with Crippen LogP contribution in [0.4, 0.5) is 5.82 Å². The molecular formula is C11H16N6O4S. The highest BCUT2D eigenvalue weighted by Gasteiger charge is 2.32. The second kappa shape index (κ2) is 5.65. The van der Waals surface area contributed by atoms with Crippen molar-refractivity contribution in [2.24, 2.45) is 0 Å². The van der Waals surface area contributed by atoms with Gasteiger partial charge in [-0.1, -0.05) is 5.16 Å². The van der Waals surface area contributed by atoms with Crippen molar-refractivity contribution in [3.8, 4) is 11.5 Å². The standard InChI is InChI=1S/C11H16N6O4S/c1-2-22(18,19)17-5-3-4-7(6-17)11-13-10(16-20-11)8-9(12)15-21-14-8/h7H,2-6H2,1H3,(H2,12,15). The van der Waals surface area contributed by atoms with Crippen LogP contribution in [-0.4, -0.2) is 52.0 Å². The lowest BCUT2D eigenvalue weighted by Gasteiger charge is -2.29. The Kier molecular flexibility index (Phi) is 3.83. The van der Waals surface area contributed by atoms with Crippen molar-refractivity contribution in [3.05, 3.63) is 5.89 Å². The van der Waals surface area contributed by atoms with Gasteiger partial charge in [0.2, 0.25) is 21.7 Å². The normalized spacial score (nSPS) is 20.3. The third kappa shape index (κ3) is 2.68. The van der Waals surface area contributed by atoms with Gasteiger partial charge in [0.05, 0.1) is 11.7 Å². The smallest absolute Gasteiger partial charge is 0.231 e. The fourth-order valence-corrected chi connectivity index (χ4v) is 3.61. The van der Waals surface area contributed by atoms with Crippen molar-refractivity contribution in [2.45, 2.75) is 25.7 Å². The third-order valence-electron chi connectivity index (χ3n) is 3.66. The second-order valence-electron chi connectivity index (χ2n) is 5.05. The van der Waals surface area contributed by atoms with E-state index in [0.717, 1.165) is 12.8 Å². The van der Waals surface area contributed by atoms with Crippen LogP contribution in [0.15, 0.2) is 9.15 Å². The molecule has 2 N–H and O–H groups in total. The van der Waals surface area contributed by atoms with Crippen LogP contribution in [0.2, 0.25) is 0 Å². The summed E-state index contributed by atoms with van der Waals surface area (Å²) in [6.07, 6.45) is 1.53. The Morgan fingerprint density at radius 3 is 2.86 bits per heavy atom. The lowest BCUT2D eigenvalue weighted by Crippen LogP contribution is -2.39. The number of nitrogen functional groups attached to an aromatic ring is 1. The molecule has 1 aliphatic rings. The van der Waals surface area contributed by atoms with Crippen LogP contribution >= 0.6 is 0 Å². The van der Waals surface area contributed by atoms with Crippen molar-refractivity contribution in [1.29, 1.82) is 0 Å². The molecule has 0 amide bonds. The van der Waals surface area contributed by atoms with E-state index in [-0.39, 0.29) is 29.0 Å². The van der Waals surface area contributed by atoms with Crippen LogP contribution in [0.5, 0.6) is 0 Å². The first kappa shape index (κ1) is 14.9. The predicted octanol–water partition coefficient (Wildman–Crippen LogP) is 0.231. The van der Waals surface area contributed by atoms with Gasteiger partial charge in [-0.15, -0.1) is 0 Å². The van der Waals surface area contributed by atoms with Gasteiger partial charge in [0.25, 0.3) is 0 Å². The van der Waals surface area contributed by atoms with E-state index in [1.165, 1.54) is 4.31 Å². The molecule has 3 rings (SSSR count). The van der Waals surface area contributed by atoms with Crippen molar-refractivity contribution in [2.75, 3.05) is 24.6 Å². The highest BCUT2D eigenvalue weighted by atomic mass is 32.2. The molecule has 22 heavy (non-hydrogen) atoms. The lowest BCUT2D eigenvalue weighted by atomic mass is 10.00. The Balaban J connectivity index is 1.80. The topological polar surface area (TPSA) is 141 Å². The molecule has 10 nitrogen and oxygen atoms in total. The molecule has 2 aromatic heterocycles. The molecule has 0 saturated carbocycles. The molecule has 120 valence electrons. The summed E-state index contributed by atoms with van der Waals surface area (Å²) in [6.45, 7) is 2.49. The molecule has 2 aromatic rings. The molecular weight excluding hydrogens is 312 g/mol. The van der Waals surface area contributed by atoms with Gasteiger partial charge >= 0.3 is 0 Å². The molecule has 0 radical (unpaired) electrons. The maximum absolute atomic E-state index is 12.0. The monoisotopic (exact) mass is 328 g/mol. The van der Waals surface area contributed by atoms with Crippen LogP contribution in [-0.2, 0) is 10.0 Å². The number of nitrogens with zero attached hydrogens (tertiary/aromatic N) is 5. The van der Waals surface area contributed by atoms with Crippen LogP contribution in [0, 0.1) is 0 Å². The second-order valence-corrected chi connectivity index (χ2v) is 7.31. The van der Waals surface area contributed by atoms with E-state index in [0.29, 0.717) is 19.0 Å². The quantitative estimate of drug-likeness (QED) is 0.834. The molecule has 1 saturated heterocycles. The van der Waals surface area contributed by atoms with Gasteiger partial charge in [0, 0.05) is 13.1 Å². The first-order valence-corrected chi connectivity index (χ1v) is 8.52. The Morgan fingerprint density at radius 2 is 2.18 bits per heavy atom. The van der Waals surface area contributed by atoms with E-state index in [4.69, 9.17) is 10.3 Å². The average Bonchev–Trinajstić information content (AvgIpc) is 3.16. The molecule has 1 fully saturated rings. The molecule has 0 bridgehead atoms. The van der Waals surface area contributed by atoms with Crippen LogP contribution in [0.1, 0.15) is 31.6 Å². The number of sulfonamides is 1. The minimum Gasteiger partial charge on any atom is -0.379 e. The maximum atomic E-state index is 12.0. The number of hydrogen-bond donors (Lipinski definition) is 1. The van der Waals surface area contributed by atoms with E-state index in [9.17, 15) is 8.42 Å². The summed E-state index contributed by atoms with van der Waals surface area (Å²) in [6, 6.07) is 0. The zero-order chi connectivity index (χ0) is 15.7. The van der Waals surface area contributed by atoms with Crippen LogP contribution < -0.4 is 5.73 Å². The molecule has 0 aliphatic carbocycles. The molecule has 3 heterocycles. The van der Waals surface area contributed by atoms with Gasteiger partial charge in [-0.3, -0.25) is 0 Å². The number of nitrogens with two attached hydrogens (primary N) is 1. The van der Waals surface area contributed by atoms with E-state index < -0.39 is 10.0 Å². The lowest BCUT2D eigenvalue weighted by molar-refractivity contribution is 0.266. The van der Waals surface area contributed by atoms with Gasteiger partial charge in [-0.2, -0.15) is 4.98 Å². The zero-order valence-corrected chi connectivity index (χ0v) is 12.8. The van der Waals surface area contributed by atoms with Crippen molar-refractivity contribution < 1.29 is 17.6 Å². The predicted molar refractivity (Wildman–Crippen MR) is 75.0 cm³/mol. The number of piperidine rings is 1. The molecule has 1 aliphatic heterocycles. The highest BCUT2D eigenvalue weighted by Crippen LogP contribution is 2.29. The van der Waals surface area contributed by atoms with Gasteiger partial charge < -0.3 is 10.3 Å². The summed E-state index contributed by atoms with van der Waals surface area (Å²) in [5.41, 5.74) is 5.79. The van der Waals surface area contributed by atoms with E-state index in [1.54, 1.807) is 6.92 Å². The van der Waals surface area contributed by atoms with Gasteiger partial charge in [-0.25, -0.2) is 17.4 Å². The maximum Gasteiger partial charge on any atom is 0.231 e. The Hall–Kier alpha value is -2.01. The highest BCUT2D eigenvalue weighted by molar-refractivity contribution is 7.89. The molecule has 1 unspecified atom stereocenters. The van der Waals surface area contributed by atoms with E-state index in [1.807, 2.05) is 0 Å². The summed E-state index contributed by atoms with van der Waals surface area (Å²) >= 11 is 0. The van der Waals surface area contributed by atoms with Gasteiger partial charge in [0.1, 0.15) is 0 Å². The summed E-state index contributed by atoms with van der Waals surface area (Å²) in [7, 11) is -3.22. The summed E-state index contributed by atoms with van der Waals surface area (Å²) in [4.78, 5) is 4.24. The first-order chi connectivity index (χ1) is 10.5. The molecule has 0 spiro atoms. The Morgan fingerprint density at radius 1 is 1.36 bits per heavy atom. The summed E-state index contributed by atoms with van der Waals surface area (Å²) in [5.74, 6) is 0.567. The zero-order valence-electron chi connectivity index (χ0n) is 12.0. The molecule has 0 aromatic carbocycles. The third-order valence-corrected chi connectivity index (χ3v) is 5.51. The van der Waals surface area contributed by atoms with Crippen molar-refractivity contribution >= 4 is 15.8 Å². The van der Waals surface area contributed by atoms with Crippen molar-refractivity contribution in [3.63, 3.8) is 0 Å². The number of aromatic nitrogens is 4. The molecule has 11 heteroatoms. The van der Waals surface area contributed by atoms with E-state index in [2.05, 4.69) is 25.1 Å². The summed E-state index contributed by atoms with van der Waals surface area (Å²) in [5, 5.41) is 10.9. The first-order valence-electron chi connectivity index (χ1n) is 6.91. The van der Waals surface area contributed by atoms with Crippen LogP contribution in [0.3, 0.4) is 0 Å². The Labute approximate surface area is 126 Å². The fraction of sp³-hybridized carbons (Fsp3) is 0.636. The van der Waals surface area contributed by atoms with Crippen LogP contribution in [0.25, 0.3) is 11.5 Å². The molecule has 1 atom stereocenters. The number of anilines is 1. The number of rotatable bonds is 4. The van der Waals surface area contributed by atoms with Gasteiger partial charge in [-0.05, 0) is 30.1 Å². The SMILES string of the molecule is CCS(=O)(=O)N1CCCC(c2nc(-c3nonc3N)no2)C1. The van der Waals surface area contributed by atoms with E-state index >= 15 is 0 Å². The summed E-state index contributed by atoms with van der Waals surface area (Å²) < 4.78 is 35.2. The average molecular weight is 328 g/mol.